The fraction of sp³-hybridized carbons (Fsp3) is 0.400. The molecule has 1 rings (SSSR count). The maximum Gasteiger partial charge on any atom is 0.433 e. The molecule has 0 N–H and O–H groups in total. The van der Waals surface area contributed by atoms with Crippen molar-refractivity contribution in [3.63, 3.8) is 0 Å². The van der Waals surface area contributed by atoms with Crippen LogP contribution in [0.2, 0.25) is 0 Å². The van der Waals surface area contributed by atoms with E-state index in [1.165, 1.54) is 12.3 Å². The molecule has 0 fully saturated rings. The van der Waals surface area contributed by atoms with Gasteiger partial charge in [0.2, 0.25) is 6.19 Å². The quantitative estimate of drug-likeness (QED) is 0.797. The largest absolute Gasteiger partial charge is 0.788 e. The first-order valence-corrected chi connectivity index (χ1v) is 6.10. The zero-order valence-corrected chi connectivity index (χ0v) is 10.1. The summed E-state index contributed by atoms with van der Waals surface area (Å²) in [4.78, 5) is 3.28. The number of rotatable bonds is 3. The van der Waals surface area contributed by atoms with Crippen LogP contribution in [0.15, 0.2) is 22.7 Å². The van der Waals surface area contributed by atoms with E-state index in [4.69, 9.17) is 5.26 Å². The molecule has 18 heavy (non-hydrogen) atoms. The van der Waals surface area contributed by atoms with Crippen molar-refractivity contribution in [1.29, 1.82) is 5.26 Å². The van der Waals surface area contributed by atoms with E-state index in [9.17, 15) is 17.7 Å². The van der Waals surface area contributed by atoms with Crippen molar-refractivity contribution in [2.75, 3.05) is 0 Å². The van der Waals surface area contributed by atoms with Gasteiger partial charge in [-0.25, -0.2) is 0 Å². The predicted octanol–water partition coefficient (Wildman–Crippen LogP) is 2.96. The lowest BCUT2D eigenvalue weighted by atomic mass is 10.1. The van der Waals surface area contributed by atoms with Gasteiger partial charge in [-0.15, -0.1) is 0 Å². The molecule has 0 aromatic carbocycles. The zero-order valence-electron chi connectivity index (χ0n) is 9.31. The van der Waals surface area contributed by atoms with Gasteiger partial charge >= 0.3 is 6.18 Å². The van der Waals surface area contributed by atoms with Crippen molar-refractivity contribution < 1.29 is 17.7 Å². The number of hydrogen-bond donors (Lipinski definition) is 0. The van der Waals surface area contributed by atoms with E-state index < -0.39 is 28.1 Å². The highest BCUT2D eigenvalue weighted by molar-refractivity contribution is 7.81. The van der Waals surface area contributed by atoms with Crippen LogP contribution in [0.4, 0.5) is 13.2 Å². The lowest BCUT2D eigenvalue weighted by Crippen LogP contribution is -2.10. The van der Waals surface area contributed by atoms with Gasteiger partial charge in [-0.2, -0.15) is 33.8 Å². The summed E-state index contributed by atoms with van der Waals surface area (Å²) in [5, 5.41) is 7.68. The minimum atomic E-state index is -4.50. The van der Waals surface area contributed by atoms with Crippen molar-refractivity contribution in [1.82, 2.24) is 4.98 Å². The van der Waals surface area contributed by atoms with Crippen molar-refractivity contribution in [3.8, 4) is 6.19 Å². The Morgan fingerprint density at radius 2 is 2.22 bits per heavy atom. The molecule has 98 valence electrons. The van der Waals surface area contributed by atoms with E-state index in [2.05, 4.69) is 9.35 Å². The van der Waals surface area contributed by atoms with Gasteiger partial charge in [0.15, 0.2) is 0 Å². The summed E-state index contributed by atoms with van der Waals surface area (Å²) in [6, 6.07) is 2.02. The number of nitriles is 1. The minimum absolute atomic E-state index is 0.364. The molecule has 8 heteroatoms. The Labute approximate surface area is 104 Å². The third-order valence-electron chi connectivity index (χ3n) is 2.19. The summed E-state index contributed by atoms with van der Waals surface area (Å²) >= 11 is 0. The third-order valence-corrected chi connectivity index (χ3v) is 3.55. The van der Waals surface area contributed by atoms with Gasteiger partial charge in [0, 0.05) is 11.4 Å². The minimum Gasteiger partial charge on any atom is -0.788 e. The molecule has 2 atom stereocenters. The Morgan fingerprint density at radius 3 is 2.61 bits per heavy atom. The maximum absolute atomic E-state index is 12.3. The van der Waals surface area contributed by atoms with Gasteiger partial charge in [-0.3, -0.25) is 4.98 Å². The normalized spacial score (nSPS) is 15.1. The van der Waals surface area contributed by atoms with Crippen LogP contribution in [-0.4, -0.2) is 9.54 Å². The molecule has 0 aliphatic rings. The number of aromatic nitrogens is 1. The molecular formula is C10H9F3N3OS-. The lowest BCUT2D eigenvalue weighted by molar-refractivity contribution is -0.141. The molecule has 0 saturated carbocycles. The predicted molar refractivity (Wildman–Crippen MR) is 58.5 cm³/mol. The first-order valence-electron chi connectivity index (χ1n) is 4.93. The summed E-state index contributed by atoms with van der Waals surface area (Å²) in [5.74, 6) is 0. The van der Waals surface area contributed by atoms with Gasteiger partial charge in [0.05, 0.1) is 0 Å². The second kappa shape index (κ2) is 5.93. The fourth-order valence-corrected chi connectivity index (χ4v) is 2.23. The summed E-state index contributed by atoms with van der Waals surface area (Å²) in [6.45, 7) is 1.70. The molecule has 0 radical (unpaired) electrons. The summed E-state index contributed by atoms with van der Waals surface area (Å²) in [5.41, 5.74) is -0.646. The van der Waals surface area contributed by atoms with Gasteiger partial charge in [-0.1, -0.05) is 13.0 Å². The second-order valence-electron chi connectivity index (χ2n) is 3.34. The first-order chi connectivity index (χ1) is 8.40. The van der Waals surface area contributed by atoms with Crippen LogP contribution in [-0.2, 0) is 17.1 Å². The fourth-order valence-electron chi connectivity index (χ4n) is 1.36. The van der Waals surface area contributed by atoms with Crippen LogP contribution in [0.5, 0.6) is 0 Å². The Bertz CT molecular complexity index is 479. The molecular weight excluding hydrogens is 267 g/mol. The van der Waals surface area contributed by atoms with E-state index in [1.54, 1.807) is 6.92 Å². The Morgan fingerprint density at radius 1 is 1.56 bits per heavy atom. The number of pyridine rings is 1. The first kappa shape index (κ1) is 14.6. The molecule has 0 aliphatic heterocycles. The maximum atomic E-state index is 12.3. The molecule has 0 aliphatic carbocycles. The molecule has 1 aromatic rings. The third kappa shape index (κ3) is 3.51. The van der Waals surface area contributed by atoms with Crippen LogP contribution in [0.25, 0.3) is 0 Å². The summed E-state index contributed by atoms with van der Waals surface area (Å²) in [6.07, 6.45) is -1.70. The van der Waals surface area contributed by atoms with E-state index >= 15 is 0 Å². The van der Waals surface area contributed by atoms with Crippen LogP contribution in [0.3, 0.4) is 0 Å². The van der Waals surface area contributed by atoms with Crippen molar-refractivity contribution >= 4 is 11.0 Å². The molecule has 0 amide bonds. The van der Waals surface area contributed by atoms with Crippen LogP contribution >= 0.6 is 0 Å². The average molecular weight is 276 g/mol. The highest BCUT2D eigenvalue weighted by Crippen LogP contribution is 2.29. The SMILES string of the molecule is CC[C@@H](c1ccc(C(F)(F)F)nc1)[S@]([O-])=NC#N. The summed E-state index contributed by atoms with van der Waals surface area (Å²) < 4.78 is 51.6. The molecule has 0 bridgehead atoms. The number of halogens is 3. The van der Waals surface area contributed by atoms with E-state index in [1.807, 2.05) is 0 Å². The molecule has 0 saturated heterocycles. The molecule has 0 unspecified atom stereocenters. The number of alkyl halides is 3. The van der Waals surface area contributed by atoms with E-state index in [-0.39, 0.29) is 0 Å². The van der Waals surface area contributed by atoms with Gasteiger partial charge in [0.1, 0.15) is 5.69 Å². The summed E-state index contributed by atoms with van der Waals surface area (Å²) in [7, 11) is -1.79. The standard InChI is InChI=1S/C10H9F3N3OS/c1-2-8(18(17)16-6-14)7-3-4-9(15-5-7)10(11,12)13/h3-5,8H,2H2,1H3/q-1/t8-,18-/m0/s1. The monoisotopic (exact) mass is 276 g/mol. The van der Waals surface area contributed by atoms with E-state index in [0.717, 1.165) is 12.3 Å². The molecule has 1 heterocycles. The van der Waals surface area contributed by atoms with Crippen LogP contribution < -0.4 is 0 Å². The Kier molecular flexibility index (Phi) is 4.81. The second-order valence-corrected chi connectivity index (χ2v) is 4.64. The van der Waals surface area contributed by atoms with Crippen molar-refractivity contribution in [2.24, 2.45) is 4.36 Å². The lowest BCUT2D eigenvalue weighted by Gasteiger charge is -2.22. The molecule has 4 nitrogen and oxygen atoms in total. The zero-order chi connectivity index (χ0) is 13.8. The molecule has 0 spiro atoms. The smallest absolute Gasteiger partial charge is 0.433 e. The average Bonchev–Trinajstić information content (AvgIpc) is 2.30. The van der Waals surface area contributed by atoms with E-state index in [0.29, 0.717) is 12.0 Å². The van der Waals surface area contributed by atoms with Gasteiger partial charge < -0.3 is 4.55 Å². The Balaban J connectivity index is 3.04. The number of nitrogens with zero attached hydrogens (tertiary/aromatic N) is 3. The molecule has 1 aromatic heterocycles. The van der Waals surface area contributed by atoms with Crippen LogP contribution in [0, 0.1) is 11.5 Å². The topological polar surface area (TPSA) is 72.1 Å². The number of hydrogen-bond acceptors (Lipinski definition) is 4. The van der Waals surface area contributed by atoms with Crippen molar-refractivity contribution in [3.05, 3.63) is 29.6 Å². The van der Waals surface area contributed by atoms with Crippen molar-refractivity contribution in [2.45, 2.75) is 24.8 Å². The Hall–Kier alpha value is -1.46. The highest BCUT2D eigenvalue weighted by atomic mass is 32.2. The van der Waals surface area contributed by atoms with Gasteiger partial charge in [-0.05, 0) is 18.1 Å². The highest BCUT2D eigenvalue weighted by Gasteiger charge is 2.32. The van der Waals surface area contributed by atoms with Gasteiger partial charge in [0.25, 0.3) is 0 Å². The van der Waals surface area contributed by atoms with Crippen LogP contribution in [0.1, 0.15) is 29.9 Å².